The number of hydrogen-bond acceptors (Lipinski definition) is 2. The van der Waals surface area contributed by atoms with Gasteiger partial charge in [0.25, 0.3) is 0 Å². The van der Waals surface area contributed by atoms with Crippen molar-refractivity contribution in [2.24, 2.45) is 0 Å². The Morgan fingerprint density at radius 2 is 1.85 bits per heavy atom. The molecule has 1 heterocycles. The number of hydrogen-bond donors (Lipinski definition) is 1. The molecule has 0 aliphatic carbocycles. The lowest BCUT2D eigenvalue weighted by Gasteiger charge is -2.16. The van der Waals surface area contributed by atoms with Crippen molar-refractivity contribution in [3.05, 3.63) is 68.1 Å². The Kier molecular flexibility index (Phi) is 3.95. The molecule has 4 nitrogen and oxygen atoms in total. The second kappa shape index (κ2) is 5.51. The summed E-state index contributed by atoms with van der Waals surface area (Å²) in [7, 11) is 0. The van der Waals surface area contributed by atoms with E-state index in [-0.39, 0.29) is 5.56 Å². The van der Waals surface area contributed by atoms with Gasteiger partial charge in [-0.25, -0.2) is 4.79 Å². The number of aryl methyl sites for hydroxylation is 1. The van der Waals surface area contributed by atoms with Gasteiger partial charge < -0.3 is 9.67 Å². The summed E-state index contributed by atoms with van der Waals surface area (Å²) < 4.78 is 1.81. The molecule has 0 aliphatic heterocycles. The van der Waals surface area contributed by atoms with Crippen LogP contribution < -0.4 is 5.43 Å². The molecule has 0 unspecified atom stereocenters. The van der Waals surface area contributed by atoms with Crippen molar-refractivity contribution in [3.63, 3.8) is 0 Å². The lowest BCUT2D eigenvalue weighted by molar-refractivity contribution is 0.0693. The van der Waals surface area contributed by atoms with Crippen molar-refractivity contribution in [2.45, 2.75) is 20.4 Å². The van der Waals surface area contributed by atoms with E-state index in [2.05, 4.69) is 0 Å². The third-order valence-electron chi connectivity index (χ3n) is 3.25. The van der Waals surface area contributed by atoms with Gasteiger partial charge in [-0.1, -0.05) is 23.7 Å². The number of carbonyl (C=O) groups is 1. The summed E-state index contributed by atoms with van der Waals surface area (Å²) in [6.45, 7) is 3.93. The van der Waals surface area contributed by atoms with Crippen LogP contribution in [-0.4, -0.2) is 15.6 Å². The lowest BCUT2D eigenvalue weighted by atomic mass is 10.1. The highest BCUT2D eigenvalue weighted by Gasteiger charge is 2.16. The summed E-state index contributed by atoms with van der Waals surface area (Å²) >= 11 is 5.84. The fourth-order valence-corrected chi connectivity index (χ4v) is 2.32. The van der Waals surface area contributed by atoms with Gasteiger partial charge in [-0.3, -0.25) is 4.79 Å². The molecule has 0 saturated heterocycles. The van der Waals surface area contributed by atoms with Gasteiger partial charge in [-0.15, -0.1) is 0 Å². The summed E-state index contributed by atoms with van der Waals surface area (Å²) in [4.78, 5) is 22.9. The number of halogens is 1. The van der Waals surface area contributed by atoms with Gasteiger partial charge in [-0.05, 0) is 31.5 Å². The van der Waals surface area contributed by atoms with E-state index in [0.29, 0.717) is 17.3 Å². The first-order valence-electron chi connectivity index (χ1n) is 6.09. The predicted molar refractivity (Wildman–Crippen MR) is 77.7 cm³/mol. The highest BCUT2D eigenvalue weighted by atomic mass is 35.5. The average Bonchev–Trinajstić information content (AvgIpc) is 2.36. The Morgan fingerprint density at radius 3 is 2.40 bits per heavy atom. The van der Waals surface area contributed by atoms with Crippen LogP contribution >= 0.6 is 11.6 Å². The van der Waals surface area contributed by atoms with Crippen molar-refractivity contribution in [3.8, 4) is 0 Å². The zero-order chi connectivity index (χ0) is 14.9. The molecule has 0 spiro atoms. The Labute approximate surface area is 121 Å². The van der Waals surface area contributed by atoms with Gasteiger partial charge in [0, 0.05) is 29.0 Å². The van der Waals surface area contributed by atoms with Crippen LogP contribution in [0.15, 0.2) is 35.1 Å². The number of pyridine rings is 1. The van der Waals surface area contributed by atoms with E-state index in [1.54, 1.807) is 26.0 Å². The van der Waals surface area contributed by atoms with E-state index in [0.717, 1.165) is 11.3 Å². The second-order valence-electron chi connectivity index (χ2n) is 4.63. The third kappa shape index (κ3) is 2.75. The summed E-state index contributed by atoms with van der Waals surface area (Å²) in [6.07, 6.45) is 0. The fourth-order valence-electron chi connectivity index (χ4n) is 2.19. The zero-order valence-corrected chi connectivity index (χ0v) is 11.9. The largest absolute Gasteiger partial charge is 0.477 e. The topological polar surface area (TPSA) is 59.3 Å². The molecule has 1 N–H and O–H groups in total. The van der Waals surface area contributed by atoms with E-state index in [1.807, 2.05) is 16.7 Å². The van der Waals surface area contributed by atoms with Crippen molar-refractivity contribution >= 4 is 17.6 Å². The van der Waals surface area contributed by atoms with Gasteiger partial charge in [0.1, 0.15) is 5.56 Å². The van der Waals surface area contributed by atoms with Crippen LogP contribution in [0.4, 0.5) is 0 Å². The lowest BCUT2D eigenvalue weighted by Crippen LogP contribution is -2.23. The van der Waals surface area contributed by atoms with E-state index < -0.39 is 11.4 Å². The van der Waals surface area contributed by atoms with E-state index in [9.17, 15) is 9.59 Å². The molecule has 0 atom stereocenters. The Balaban J connectivity index is 2.51. The quantitative estimate of drug-likeness (QED) is 0.946. The molecule has 1 aromatic carbocycles. The highest BCUT2D eigenvalue weighted by molar-refractivity contribution is 6.30. The van der Waals surface area contributed by atoms with Crippen LogP contribution in [0.1, 0.15) is 27.3 Å². The average molecular weight is 292 g/mol. The van der Waals surface area contributed by atoms with Crippen LogP contribution in [0.2, 0.25) is 5.02 Å². The predicted octanol–water partition coefficient (Wildman–Crippen LogP) is 2.87. The molecule has 5 heteroatoms. The Morgan fingerprint density at radius 1 is 1.25 bits per heavy atom. The molecular weight excluding hydrogens is 278 g/mol. The number of rotatable bonds is 3. The van der Waals surface area contributed by atoms with Crippen LogP contribution in [0.5, 0.6) is 0 Å². The summed E-state index contributed by atoms with van der Waals surface area (Å²) in [5, 5.41) is 9.78. The monoisotopic (exact) mass is 291 g/mol. The van der Waals surface area contributed by atoms with Crippen LogP contribution in [-0.2, 0) is 6.54 Å². The smallest absolute Gasteiger partial charge is 0.341 e. The van der Waals surface area contributed by atoms with E-state index in [4.69, 9.17) is 16.7 Å². The first-order chi connectivity index (χ1) is 9.40. The normalized spacial score (nSPS) is 10.6. The molecule has 0 fully saturated rings. The molecule has 20 heavy (non-hydrogen) atoms. The highest BCUT2D eigenvalue weighted by Crippen LogP contribution is 2.14. The Hall–Kier alpha value is -2.07. The van der Waals surface area contributed by atoms with E-state index in [1.165, 1.54) is 6.07 Å². The maximum atomic E-state index is 11.7. The van der Waals surface area contributed by atoms with Crippen LogP contribution in [0.25, 0.3) is 0 Å². The SMILES string of the molecule is Cc1cc(=O)c(C(=O)O)c(C)n1Cc1ccc(Cl)cc1. The standard InChI is InChI=1S/C15H14ClNO3/c1-9-7-13(18)14(15(19)20)10(2)17(9)8-11-3-5-12(16)6-4-11/h3-7H,8H2,1-2H3,(H,19,20). The van der Waals surface area contributed by atoms with Crippen molar-refractivity contribution < 1.29 is 9.90 Å². The molecule has 0 aliphatic rings. The first-order valence-corrected chi connectivity index (χ1v) is 6.46. The van der Waals surface area contributed by atoms with E-state index >= 15 is 0 Å². The maximum absolute atomic E-state index is 11.7. The zero-order valence-electron chi connectivity index (χ0n) is 11.2. The van der Waals surface area contributed by atoms with Crippen molar-refractivity contribution in [2.75, 3.05) is 0 Å². The molecule has 0 amide bonds. The van der Waals surface area contributed by atoms with Crippen molar-refractivity contribution in [1.29, 1.82) is 0 Å². The summed E-state index contributed by atoms with van der Waals surface area (Å²) in [5.74, 6) is -1.20. The number of aromatic carboxylic acids is 1. The minimum absolute atomic E-state index is 0.176. The van der Waals surface area contributed by atoms with Crippen LogP contribution in [0, 0.1) is 13.8 Å². The van der Waals surface area contributed by atoms with Gasteiger partial charge in [-0.2, -0.15) is 0 Å². The molecule has 2 aromatic rings. The van der Waals surface area contributed by atoms with Crippen LogP contribution in [0.3, 0.4) is 0 Å². The molecule has 0 saturated carbocycles. The molecule has 0 radical (unpaired) electrons. The molecular formula is C15H14ClNO3. The number of nitrogens with zero attached hydrogens (tertiary/aromatic N) is 1. The minimum atomic E-state index is -1.20. The molecule has 1 aromatic heterocycles. The molecule has 104 valence electrons. The second-order valence-corrected chi connectivity index (χ2v) is 5.06. The summed E-state index contributed by atoms with van der Waals surface area (Å²) in [6, 6.07) is 8.66. The number of carboxylic acid groups (broad SMARTS) is 1. The Bertz CT molecular complexity index is 717. The van der Waals surface area contributed by atoms with Gasteiger partial charge in [0.15, 0.2) is 5.43 Å². The van der Waals surface area contributed by atoms with Crippen molar-refractivity contribution in [1.82, 2.24) is 4.57 Å². The minimum Gasteiger partial charge on any atom is -0.477 e. The fraction of sp³-hybridized carbons (Fsp3) is 0.200. The first kappa shape index (κ1) is 14.3. The van der Waals surface area contributed by atoms with Gasteiger partial charge in [0.2, 0.25) is 0 Å². The van der Waals surface area contributed by atoms with Gasteiger partial charge >= 0.3 is 5.97 Å². The molecule has 0 bridgehead atoms. The van der Waals surface area contributed by atoms with Gasteiger partial charge in [0.05, 0.1) is 0 Å². The summed E-state index contributed by atoms with van der Waals surface area (Å²) in [5.41, 5.74) is 1.54. The third-order valence-corrected chi connectivity index (χ3v) is 3.50. The number of carboxylic acids is 1. The maximum Gasteiger partial charge on any atom is 0.341 e. The molecule has 2 rings (SSSR count). The number of benzene rings is 1. The number of aromatic nitrogens is 1.